The number of tetrazole rings is 1. The first kappa shape index (κ1) is 22.2. The first-order valence-corrected chi connectivity index (χ1v) is 12.7. The molecule has 2 fully saturated rings. The van der Waals surface area contributed by atoms with E-state index in [1.807, 2.05) is 6.92 Å². The Labute approximate surface area is 186 Å². The van der Waals surface area contributed by atoms with Gasteiger partial charge < -0.3 is 9.64 Å². The molecule has 1 aromatic carbocycles. The maximum absolute atomic E-state index is 12.9. The van der Waals surface area contributed by atoms with Gasteiger partial charge in [-0.15, -0.1) is 5.10 Å². The van der Waals surface area contributed by atoms with Gasteiger partial charge in [0.2, 0.25) is 21.1 Å². The van der Waals surface area contributed by atoms with Crippen molar-refractivity contribution in [3.63, 3.8) is 0 Å². The molecule has 1 amide bonds. The predicted octanol–water partition coefficient (Wildman–Crippen LogP) is 0.866. The summed E-state index contributed by atoms with van der Waals surface area (Å²) in [6.45, 7) is 4.43. The van der Waals surface area contributed by atoms with Gasteiger partial charge in [0, 0.05) is 32.8 Å². The molecule has 0 aliphatic carbocycles. The second kappa shape index (κ2) is 9.63. The third-order valence-electron chi connectivity index (χ3n) is 5.46. The highest BCUT2D eigenvalue weighted by atomic mass is 32.2. The standard InChI is InChI=1S/C19H26N6O4S2/c1-15(30-19-20-21-22-25(19)14-16-6-5-13-29-16)18(26)23-9-11-24(12-10-23)31(27,28)17-7-3-2-4-8-17/h2-4,7-8,15-16H,5-6,9-14H2,1H3. The monoisotopic (exact) mass is 466 g/mol. The number of hydrogen-bond donors (Lipinski definition) is 0. The minimum atomic E-state index is -3.54. The zero-order chi connectivity index (χ0) is 21.8. The van der Waals surface area contributed by atoms with Gasteiger partial charge in [0.25, 0.3) is 0 Å². The zero-order valence-corrected chi connectivity index (χ0v) is 19.0. The highest BCUT2D eigenvalue weighted by Crippen LogP contribution is 2.25. The van der Waals surface area contributed by atoms with E-state index in [0.717, 1.165) is 19.4 Å². The molecule has 2 unspecified atom stereocenters. The number of rotatable bonds is 7. The fraction of sp³-hybridized carbons (Fsp3) is 0.579. The summed E-state index contributed by atoms with van der Waals surface area (Å²) in [5, 5.41) is 12.0. The van der Waals surface area contributed by atoms with Gasteiger partial charge in [0.1, 0.15) is 0 Å². The van der Waals surface area contributed by atoms with Gasteiger partial charge in [-0.2, -0.15) is 4.31 Å². The van der Waals surface area contributed by atoms with E-state index in [-0.39, 0.29) is 35.2 Å². The molecule has 0 spiro atoms. The number of ether oxygens (including phenoxy) is 1. The first-order valence-electron chi connectivity index (χ1n) is 10.3. The van der Waals surface area contributed by atoms with Crippen molar-refractivity contribution in [2.45, 2.75) is 47.7 Å². The Morgan fingerprint density at radius 3 is 2.65 bits per heavy atom. The van der Waals surface area contributed by atoms with Crippen LogP contribution in [0, 0.1) is 0 Å². The van der Waals surface area contributed by atoms with Crippen molar-refractivity contribution in [1.29, 1.82) is 0 Å². The summed E-state index contributed by atoms with van der Waals surface area (Å²) in [6, 6.07) is 8.38. The number of piperazine rings is 1. The van der Waals surface area contributed by atoms with E-state index in [9.17, 15) is 13.2 Å². The minimum absolute atomic E-state index is 0.0478. The lowest BCUT2D eigenvalue weighted by molar-refractivity contribution is -0.131. The van der Waals surface area contributed by atoms with Crippen LogP contribution >= 0.6 is 11.8 Å². The average Bonchev–Trinajstić information content (AvgIpc) is 3.46. The van der Waals surface area contributed by atoms with E-state index in [4.69, 9.17) is 4.74 Å². The van der Waals surface area contributed by atoms with E-state index in [1.165, 1.54) is 16.1 Å². The first-order chi connectivity index (χ1) is 14.9. The molecule has 31 heavy (non-hydrogen) atoms. The SMILES string of the molecule is CC(Sc1nnnn1CC1CCCO1)C(=O)N1CCN(S(=O)(=O)c2ccccc2)CC1. The van der Waals surface area contributed by atoms with Crippen LogP contribution in [0.5, 0.6) is 0 Å². The molecule has 168 valence electrons. The second-order valence-corrected chi connectivity index (χ2v) is 10.8. The largest absolute Gasteiger partial charge is 0.376 e. The molecule has 3 heterocycles. The van der Waals surface area contributed by atoms with Gasteiger partial charge in [-0.1, -0.05) is 30.0 Å². The molecule has 2 aliphatic heterocycles. The van der Waals surface area contributed by atoms with Gasteiger partial charge >= 0.3 is 0 Å². The normalized spacial score (nSPS) is 21.3. The van der Waals surface area contributed by atoms with Crippen LogP contribution in [0.15, 0.2) is 40.4 Å². The zero-order valence-electron chi connectivity index (χ0n) is 17.3. The van der Waals surface area contributed by atoms with Crippen molar-refractivity contribution >= 4 is 27.7 Å². The Balaban J connectivity index is 1.32. The molecule has 12 heteroatoms. The smallest absolute Gasteiger partial charge is 0.243 e. The number of nitrogens with zero attached hydrogens (tertiary/aromatic N) is 6. The van der Waals surface area contributed by atoms with E-state index < -0.39 is 10.0 Å². The number of thioether (sulfide) groups is 1. The van der Waals surface area contributed by atoms with Gasteiger partial charge in [0.05, 0.1) is 22.8 Å². The number of aromatic nitrogens is 4. The van der Waals surface area contributed by atoms with Crippen LogP contribution in [-0.2, 0) is 26.1 Å². The summed E-state index contributed by atoms with van der Waals surface area (Å²) in [4.78, 5) is 14.9. The molecule has 2 atom stereocenters. The Morgan fingerprint density at radius 1 is 1.23 bits per heavy atom. The summed E-state index contributed by atoms with van der Waals surface area (Å²) in [6.07, 6.45) is 2.12. The van der Waals surface area contributed by atoms with E-state index >= 15 is 0 Å². The molecule has 2 aliphatic rings. The Hall–Kier alpha value is -2.02. The lowest BCUT2D eigenvalue weighted by Gasteiger charge is -2.35. The quantitative estimate of drug-likeness (QED) is 0.553. The van der Waals surface area contributed by atoms with Crippen molar-refractivity contribution in [3.8, 4) is 0 Å². The minimum Gasteiger partial charge on any atom is -0.376 e. The summed E-state index contributed by atoms with van der Waals surface area (Å²) in [5.74, 6) is -0.0478. The van der Waals surface area contributed by atoms with Gasteiger partial charge in [-0.25, -0.2) is 13.1 Å². The molecule has 0 radical (unpaired) electrons. The molecule has 0 N–H and O–H groups in total. The number of amides is 1. The number of hydrogen-bond acceptors (Lipinski definition) is 8. The molecule has 0 bridgehead atoms. The number of sulfonamides is 1. The van der Waals surface area contributed by atoms with E-state index in [2.05, 4.69) is 15.5 Å². The predicted molar refractivity (Wildman–Crippen MR) is 114 cm³/mol. The highest BCUT2D eigenvalue weighted by molar-refractivity contribution is 8.00. The molecule has 0 saturated carbocycles. The van der Waals surface area contributed by atoms with Crippen LogP contribution in [0.1, 0.15) is 19.8 Å². The highest BCUT2D eigenvalue weighted by Gasteiger charge is 2.32. The summed E-state index contributed by atoms with van der Waals surface area (Å²) in [7, 11) is -3.54. The number of carbonyl (C=O) groups is 1. The van der Waals surface area contributed by atoms with E-state index in [0.29, 0.717) is 24.8 Å². The third-order valence-corrected chi connectivity index (χ3v) is 8.43. The molecule has 10 nitrogen and oxygen atoms in total. The summed E-state index contributed by atoms with van der Waals surface area (Å²) < 4.78 is 34.3. The molecule has 2 aromatic rings. The lowest BCUT2D eigenvalue weighted by Crippen LogP contribution is -2.52. The molecule has 2 saturated heterocycles. The van der Waals surface area contributed by atoms with Gasteiger partial charge in [-0.05, 0) is 42.3 Å². The van der Waals surface area contributed by atoms with Crippen molar-refractivity contribution in [2.24, 2.45) is 0 Å². The maximum atomic E-state index is 12.9. The van der Waals surface area contributed by atoms with Crippen LogP contribution in [-0.4, -0.2) is 87.9 Å². The van der Waals surface area contributed by atoms with Crippen molar-refractivity contribution < 1.29 is 17.9 Å². The Bertz CT molecular complexity index is 986. The van der Waals surface area contributed by atoms with Crippen LogP contribution in [0.4, 0.5) is 0 Å². The van der Waals surface area contributed by atoms with Crippen LogP contribution in [0.3, 0.4) is 0 Å². The fourth-order valence-electron chi connectivity index (χ4n) is 3.73. The van der Waals surface area contributed by atoms with Crippen molar-refractivity contribution in [2.75, 3.05) is 32.8 Å². The maximum Gasteiger partial charge on any atom is 0.243 e. The second-order valence-electron chi connectivity index (χ2n) is 7.58. The summed E-state index contributed by atoms with van der Waals surface area (Å²) >= 11 is 1.31. The average molecular weight is 467 g/mol. The number of carbonyl (C=O) groups excluding carboxylic acids is 1. The molecule has 4 rings (SSSR count). The van der Waals surface area contributed by atoms with Crippen LogP contribution in [0.2, 0.25) is 0 Å². The van der Waals surface area contributed by atoms with Crippen LogP contribution in [0.25, 0.3) is 0 Å². The van der Waals surface area contributed by atoms with E-state index in [1.54, 1.807) is 39.9 Å². The fourth-order valence-corrected chi connectivity index (χ4v) is 6.06. The van der Waals surface area contributed by atoms with Gasteiger partial charge in [0.15, 0.2) is 0 Å². The third kappa shape index (κ3) is 5.08. The Kier molecular flexibility index (Phi) is 6.89. The van der Waals surface area contributed by atoms with Crippen molar-refractivity contribution in [3.05, 3.63) is 30.3 Å². The summed E-state index contributed by atoms with van der Waals surface area (Å²) in [5.41, 5.74) is 0. The molecular formula is C19H26N6O4S2. The topological polar surface area (TPSA) is 111 Å². The molecular weight excluding hydrogens is 440 g/mol. The number of benzene rings is 1. The lowest BCUT2D eigenvalue weighted by atomic mass is 10.2. The van der Waals surface area contributed by atoms with Crippen molar-refractivity contribution in [1.82, 2.24) is 29.4 Å². The molecule has 1 aromatic heterocycles. The van der Waals surface area contributed by atoms with Gasteiger partial charge in [-0.3, -0.25) is 4.79 Å². The Morgan fingerprint density at radius 2 is 1.97 bits per heavy atom. The van der Waals surface area contributed by atoms with Crippen LogP contribution < -0.4 is 0 Å².